The van der Waals surface area contributed by atoms with Crippen LogP contribution >= 0.6 is 12.2 Å². The Hall–Kier alpha value is -0.200. The molecule has 4 nitrogen and oxygen atoms in total. The molecule has 1 unspecified atom stereocenters. The molecule has 6 heteroatoms. The van der Waals surface area contributed by atoms with E-state index in [4.69, 9.17) is 18.0 Å². The molecule has 13 heavy (non-hydrogen) atoms. The summed E-state index contributed by atoms with van der Waals surface area (Å²) in [4.78, 5) is 0.241. The number of thiocarbonyl (C=S) groups is 1. The van der Waals surface area contributed by atoms with Crippen LogP contribution in [-0.4, -0.2) is 36.1 Å². The second kappa shape index (κ2) is 3.89. The highest BCUT2D eigenvalue weighted by atomic mass is 32.2. The second-order valence-electron chi connectivity index (χ2n) is 3.21. The number of nitrogens with two attached hydrogens (primary N) is 1. The SMILES string of the molecule is CC(C(N)=S)N1CCCCS1(=O)=O. The lowest BCUT2D eigenvalue weighted by atomic mass is 10.3. The Labute approximate surface area is 84.1 Å². The van der Waals surface area contributed by atoms with E-state index in [9.17, 15) is 8.42 Å². The fourth-order valence-corrected chi connectivity index (χ4v) is 3.38. The van der Waals surface area contributed by atoms with Gasteiger partial charge in [0, 0.05) is 6.54 Å². The van der Waals surface area contributed by atoms with Crippen LogP contribution < -0.4 is 5.73 Å². The van der Waals surface area contributed by atoms with Gasteiger partial charge in [0.05, 0.1) is 16.8 Å². The highest BCUT2D eigenvalue weighted by molar-refractivity contribution is 7.89. The second-order valence-corrected chi connectivity index (χ2v) is 5.72. The Bertz CT molecular complexity index is 300. The third kappa shape index (κ3) is 2.38. The average Bonchev–Trinajstić information content (AvgIpc) is 2.02. The molecule has 1 atom stereocenters. The zero-order chi connectivity index (χ0) is 10.1. The summed E-state index contributed by atoms with van der Waals surface area (Å²) in [5.74, 6) is 0.222. The van der Waals surface area contributed by atoms with Crippen molar-refractivity contribution in [3.8, 4) is 0 Å². The van der Waals surface area contributed by atoms with Crippen molar-refractivity contribution < 1.29 is 8.42 Å². The van der Waals surface area contributed by atoms with Crippen LogP contribution in [0.25, 0.3) is 0 Å². The highest BCUT2D eigenvalue weighted by Crippen LogP contribution is 2.16. The van der Waals surface area contributed by atoms with Crippen molar-refractivity contribution in [2.75, 3.05) is 12.3 Å². The van der Waals surface area contributed by atoms with Crippen molar-refractivity contribution in [2.24, 2.45) is 5.73 Å². The molecule has 0 aliphatic carbocycles. The molecule has 0 spiro atoms. The van der Waals surface area contributed by atoms with E-state index in [2.05, 4.69) is 0 Å². The third-order valence-corrected chi connectivity index (χ3v) is 4.59. The highest BCUT2D eigenvalue weighted by Gasteiger charge is 2.30. The molecular formula is C7H14N2O2S2. The van der Waals surface area contributed by atoms with Gasteiger partial charge >= 0.3 is 0 Å². The van der Waals surface area contributed by atoms with Gasteiger partial charge in [-0.05, 0) is 19.8 Å². The molecule has 0 aromatic heterocycles. The fourth-order valence-electron chi connectivity index (χ4n) is 1.38. The van der Waals surface area contributed by atoms with Crippen molar-refractivity contribution >= 4 is 27.2 Å². The fraction of sp³-hybridized carbons (Fsp3) is 0.857. The Morgan fingerprint density at radius 3 is 2.62 bits per heavy atom. The largest absolute Gasteiger partial charge is 0.392 e. The van der Waals surface area contributed by atoms with Gasteiger partial charge in [0.25, 0.3) is 0 Å². The molecule has 2 N–H and O–H groups in total. The normalized spacial score (nSPS) is 25.3. The van der Waals surface area contributed by atoms with E-state index in [0.29, 0.717) is 6.54 Å². The van der Waals surface area contributed by atoms with Gasteiger partial charge in [0.15, 0.2) is 0 Å². The van der Waals surface area contributed by atoms with Gasteiger partial charge in [-0.3, -0.25) is 0 Å². The molecule has 1 rings (SSSR count). The van der Waals surface area contributed by atoms with Crippen LogP contribution in [0.15, 0.2) is 0 Å². The predicted molar refractivity (Wildman–Crippen MR) is 56.0 cm³/mol. The van der Waals surface area contributed by atoms with Gasteiger partial charge in [-0.1, -0.05) is 12.2 Å². The summed E-state index contributed by atoms with van der Waals surface area (Å²) in [5.41, 5.74) is 5.41. The zero-order valence-corrected chi connectivity index (χ0v) is 9.20. The smallest absolute Gasteiger partial charge is 0.214 e. The maximum atomic E-state index is 11.5. The molecule has 1 aliphatic heterocycles. The van der Waals surface area contributed by atoms with Crippen molar-refractivity contribution in [2.45, 2.75) is 25.8 Å². The third-order valence-electron chi connectivity index (χ3n) is 2.23. The first-order valence-electron chi connectivity index (χ1n) is 4.24. The van der Waals surface area contributed by atoms with E-state index >= 15 is 0 Å². The minimum Gasteiger partial charge on any atom is -0.392 e. The minimum absolute atomic E-state index is 0.222. The van der Waals surface area contributed by atoms with Crippen molar-refractivity contribution in [3.05, 3.63) is 0 Å². The molecular weight excluding hydrogens is 208 g/mol. The standard InChI is InChI=1S/C7H14N2O2S2/c1-6(7(8)12)9-4-2-3-5-13(9,10)11/h6H,2-5H2,1H3,(H2,8,12). The van der Waals surface area contributed by atoms with Crippen molar-refractivity contribution in [1.82, 2.24) is 4.31 Å². The number of sulfonamides is 1. The van der Waals surface area contributed by atoms with E-state index in [-0.39, 0.29) is 16.8 Å². The molecule has 0 radical (unpaired) electrons. The summed E-state index contributed by atoms with van der Waals surface area (Å²) in [6.07, 6.45) is 1.63. The Morgan fingerprint density at radius 1 is 1.54 bits per heavy atom. The summed E-state index contributed by atoms with van der Waals surface area (Å²) in [6, 6.07) is -0.347. The molecule has 1 saturated heterocycles. The molecule has 1 aliphatic rings. The van der Waals surface area contributed by atoms with E-state index < -0.39 is 10.0 Å². The first-order chi connectivity index (χ1) is 5.95. The molecule has 0 aromatic rings. The Kier molecular flexibility index (Phi) is 3.26. The lowest BCUT2D eigenvalue weighted by Gasteiger charge is -2.30. The van der Waals surface area contributed by atoms with Crippen LogP contribution in [0.2, 0.25) is 0 Å². The molecule has 0 aromatic carbocycles. The molecule has 0 amide bonds. The van der Waals surface area contributed by atoms with Gasteiger partial charge in [0.1, 0.15) is 0 Å². The van der Waals surface area contributed by atoms with Crippen LogP contribution in [0, 0.1) is 0 Å². The van der Waals surface area contributed by atoms with Crippen molar-refractivity contribution in [3.63, 3.8) is 0 Å². The Morgan fingerprint density at radius 2 is 2.15 bits per heavy atom. The number of nitrogens with zero attached hydrogens (tertiary/aromatic N) is 1. The molecule has 0 bridgehead atoms. The first-order valence-corrected chi connectivity index (χ1v) is 6.26. The Balaban J connectivity index is 2.83. The van der Waals surface area contributed by atoms with Crippen LogP contribution in [0.1, 0.15) is 19.8 Å². The summed E-state index contributed by atoms with van der Waals surface area (Å²) in [6.45, 7) is 2.27. The van der Waals surface area contributed by atoms with Gasteiger partial charge in [-0.25, -0.2) is 8.42 Å². The van der Waals surface area contributed by atoms with Gasteiger partial charge < -0.3 is 5.73 Å². The summed E-state index contributed by atoms with van der Waals surface area (Å²) in [5, 5.41) is 0. The lowest BCUT2D eigenvalue weighted by Crippen LogP contribution is -2.48. The number of rotatable bonds is 2. The predicted octanol–water partition coefficient (Wildman–Crippen LogP) is 0.0866. The topological polar surface area (TPSA) is 63.4 Å². The maximum Gasteiger partial charge on any atom is 0.214 e. The monoisotopic (exact) mass is 222 g/mol. The van der Waals surface area contributed by atoms with E-state index in [1.807, 2.05) is 0 Å². The van der Waals surface area contributed by atoms with Gasteiger partial charge in [0.2, 0.25) is 10.0 Å². The average molecular weight is 222 g/mol. The van der Waals surface area contributed by atoms with Gasteiger partial charge in [-0.15, -0.1) is 0 Å². The zero-order valence-electron chi connectivity index (χ0n) is 7.56. The van der Waals surface area contributed by atoms with Gasteiger partial charge in [-0.2, -0.15) is 4.31 Å². The summed E-state index contributed by atoms with van der Waals surface area (Å²) < 4.78 is 24.5. The van der Waals surface area contributed by atoms with Crippen LogP contribution in [0.5, 0.6) is 0 Å². The van der Waals surface area contributed by atoms with Crippen LogP contribution in [0.3, 0.4) is 0 Å². The van der Waals surface area contributed by atoms with Crippen LogP contribution in [-0.2, 0) is 10.0 Å². The maximum absolute atomic E-state index is 11.5. The van der Waals surface area contributed by atoms with E-state index in [1.54, 1.807) is 6.92 Å². The van der Waals surface area contributed by atoms with Crippen molar-refractivity contribution in [1.29, 1.82) is 0 Å². The molecule has 0 saturated carbocycles. The van der Waals surface area contributed by atoms with E-state index in [0.717, 1.165) is 12.8 Å². The molecule has 1 fully saturated rings. The molecule has 1 heterocycles. The minimum atomic E-state index is -3.10. The summed E-state index contributed by atoms with van der Waals surface area (Å²) >= 11 is 4.77. The first kappa shape index (κ1) is 10.9. The lowest BCUT2D eigenvalue weighted by molar-refractivity contribution is 0.366. The quantitative estimate of drug-likeness (QED) is 0.672. The molecule has 76 valence electrons. The summed E-state index contributed by atoms with van der Waals surface area (Å²) in [7, 11) is -3.10. The number of hydrogen-bond donors (Lipinski definition) is 1. The number of hydrogen-bond acceptors (Lipinski definition) is 3. The van der Waals surface area contributed by atoms with Crippen LogP contribution in [0.4, 0.5) is 0 Å². The van der Waals surface area contributed by atoms with E-state index in [1.165, 1.54) is 4.31 Å².